The molecule has 0 fully saturated rings. The Morgan fingerprint density at radius 3 is 2.50 bits per heavy atom. The predicted octanol–water partition coefficient (Wildman–Crippen LogP) is 3.51. The molecular formula is C14H14F3NO2. The highest BCUT2D eigenvalue weighted by Gasteiger charge is 2.34. The highest BCUT2D eigenvalue weighted by Crippen LogP contribution is 2.38. The van der Waals surface area contributed by atoms with Crippen LogP contribution in [0.5, 0.6) is 5.75 Å². The Morgan fingerprint density at radius 1 is 1.25 bits per heavy atom. The Bertz CT molecular complexity index is 689. The lowest BCUT2D eigenvalue weighted by atomic mass is 10.1. The first kappa shape index (κ1) is 14.4. The molecule has 0 saturated carbocycles. The average molecular weight is 285 g/mol. The molecule has 0 saturated heterocycles. The van der Waals surface area contributed by atoms with Crippen LogP contribution in [0.15, 0.2) is 23.0 Å². The van der Waals surface area contributed by atoms with Crippen LogP contribution >= 0.6 is 0 Å². The fourth-order valence-corrected chi connectivity index (χ4v) is 2.13. The second-order valence-corrected chi connectivity index (χ2v) is 4.51. The lowest BCUT2D eigenvalue weighted by molar-refractivity contribution is -0.138. The van der Waals surface area contributed by atoms with E-state index < -0.39 is 11.7 Å². The van der Waals surface area contributed by atoms with Gasteiger partial charge in [0, 0.05) is 11.6 Å². The predicted molar refractivity (Wildman–Crippen MR) is 70.1 cm³/mol. The van der Waals surface area contributed by atoms with Gasteiger partial charge < -0.3 is 9.72 Å². The van der Waals surface area contributed by atoms with Crippen LogP contribution < -0.4 is 10.3 Å². The fraction of sp³-hybridized carbons (Fsp3) is 0.357. The first-order chi connectivity index (χ1) is 9.36. The zero-order valence-corrected chi connectivity index (χ0v) is 11.1. The second-order valence-electron chi connectivity index (χ2n) is 4.51. The number of benzene rings is 1. The molecule has 0 aliphatic rings. The van der Waals surface area contributed by atoms with Gasteiger partial charge in [0.25, 0.3) is 5.56 Å². The van der Waals surface area contributed by atoms with Gasteiger partial charge in [0.15, 0.2) is 0 Å². The van der Waals surface area contributed by atoms with Gasteiger partial charge in [-0.1, -0.05) is 13.3 Å². The second kappa shape index (κ2) is 5.19. The van der Waals surface area contributed by atoms with Gasteiger partial charge in [-0.25, -0.2) is 0 Å². The molecule has 0 radical (unpaired) electrons. The van der Waals surface area contributed by atoms with E-state index in [9.17, 15) is 18.0 Å². The number of methoxy groups -OCH3 is 1. The highest BCUT2D eigenvalue weighted by molar-refractivity contribution is 5.82. The first-order valence-electron chi connectivity index (χ1n) is 6.18. The Labute approximate surface area is 113 Å². The smallest absolute Gasteiger partial charge is 0.419 e. The van der Waals surface area contributed by atoms with Crippen molar-refractivity contribution in [1.29, 1.82) is 0 Å². The van der Waals surface area contributed by atoms with Gasteiger partial charge in [-0.05, 0) is 23.9 Å². The topological polar surface area (TPSA) is 42.1 Å². The third kappa shape index (κ3) is 2.64. The minimum absolute atomic E-state index is 0.277. The molecule has 0 aliphatic heterocycles. The molecule has 0 amide bonds. The monoisotopic (exact) mass is 285 g/mol. The zero-order chi connectivity index (χ0) is 14.9. The van der Waals surface area contributed by atoms with E-state index in [-0.39, 0.29) is 11.3 Å². The number of hydrogen-bond donors (Lipinski definition) is 1. The summed E-state index contributed by atoms with van der Waals surface area (Å²) in [6, 6.07) is 3.71. The Balaban J connectivity index is 2.72. The largest absolute Gasteiger partial charge is 0.496 e. The summed E-state index contributed by atoms with van der Waals surface area (Å²) in [5, 5.41) is 0.348. The van der Waals surface area contributed by atoms with E-state index >= 15 is 0 Å². The number of nitrogens with one attached hydrogen (secondary N) is 1. The molecule has 0 aliphatic carbocycles. The Hall–Kier alpha value is -1.98. The molecular weight excluding hydrogens is 271 g/mol. The van der Waals surface area contributed by atoms with Gasteiger partial charge in [-0.2, -0.15) is 13.2 Å². The minimum atomic E-state index is -4.50. The summed E-state index contributed by atoms with van der Waals surface area (Å²) in [5.74, 6) is -0.302. The third-order valence-corrected chi connectivity index (χ3v) is 3.07. The zero-order valence-electron chi connectivity index (χ0n) is 11.1. The van der Waals surface area contributed by atoms with Crippen molar-refractivity contribution in [1.82, 2.24) is 4.98 Å². The number of aromatic amines is 1. The van der Waals surface area contributed by atoms with Crippen LogP contribution in [0.1, 0.15) is 24.5 Å². The van der Waals surface area contributed by atoms with Crippen molar-refractivity contribution in [2.75, 3.05) is 7.11 Å². The maximum atomic E-state index is 12.9. The molecule has 20 heavy (non-hydrogen) atoms. The average Bonchev–Trinajstić information content (AvgIpc) is 2.37. The van der Waals surface area contributed by atoms with Gasteiger partial charge in [-0.3, -0.25) is 4.79 Å². The number of pyridine rings is 1. The number of ether oxygens (including phenoxy) is 1. The molecule has 0 unspecified atom stereocenters. The van der Waals surface area contributed by atoms with Crippen molar-refractivity contribution in [3.63, 3.8) is 0 Å². The molecule has 6 heteroatoms. The van der Waals surface area contributed by atoms with Crippen molar-refractivity contribution in [2.45, 2.75) is 25.9 Å². The van der Waals surface area contributed by atoms with Crippen LogP contribution in [-0.4, -0.2) is 12.1 Å². The summed E-state index contributed by atoms with van der Waals surface area (Å²) >= 11 is 0. The molecule has 0 spiro atoms. The quantitative estimate of drug-likeness (QED) is 0.937. The molecule has 1 aromatic heterocycles. The Kier molecular flexibility index (Phi) is 3.74. The molecule has 1 heterocycles. The number of rotatable bonds is 3. The number of hydrogen-bond acceptors (Lipinski definition) is 2. The van der Waals surface area contributed by atoms with Crippen molar-refractivity contribution < 1.29 is 17.9 Å². The van der Waals surface area contributed by atoms with Gasteiger partial charge in [0.2, 0.25) is 0 Å². The number of aryl methyl sites for hydroxylation is 1. The Morgan fingerprint density at radius 2 is 1.95 bits per heavy atom. The maximum absolute atomic E-state index is 12.9. The third-order valence-electron chi connectivity index (χ3n) is 3.07. The van der Waals surface area contributed by atoms with Gasteiger partial charge in [0.05, 0.1) is 18.2 Å². The van der Waals surface area contributed by atoms with E-state index in [4.69, 9.17) is 4.74 Å². The standard InChI is InChI=1S/C14H14F3NO2/c1-3-4-8-5-9-6-10(14(15,16)17)12(20-2)7-11(9)18-13(8)19/h5-7H,3-4H2,1-2H3,(H,18,19). The molecule has 2 rings (SSSR count). The van der Waals surface area contributed by atoms with E-state index in [0.29, 0.717) is 22.9 Å². The summed E-state index contributed by atoms with van der Waals surface area (Å²) in [4.78, 5) is 14.4. The van der Waals surface area contributed by atoms with Crippen molar-refractivity contribution >= 4 is 10.9 Å². The van der Waals surface area contributed by atoms with Crippen LogP contribution in [0.4, 0.5) is 13.2 Å². The van der Waals surface area contributed by atoms with Crippen LogP contribution in [0, 0.1) is 0 Å². The van der Waals surface area contributed by atoms with Crippen LogP contribution in [0.2, 0.25) is 0 Å². The molecule has 2 aromatic rings. The van der Waals surface area contributed by atoms with Crippen LogP contribution in [0.3, 0.4) is 0 Å². The normalized spacial score (nSPS) is 11.8. The molecule has 1 aromatic carbocycles. The van der Waals surface area contributed by atoms with E-state index in [1.807, 2.05) is 6.92 Å². The van der Waals surface area contributed by atoms with Crippen molar-refractivity contribution in [3.05, 3.63) is 39.7 Å². The van der Waals surface area contributed by atoms with Crippen molar-refractivity contribution in [3.8, 4) is 5.75 Å². The van der Waals surface area contributed by atoms with Gasteiger partial charge >= 0.3 is 6.18 Å². The maximum Gasteiger partial charge on any atom is 0.419 e. The number of aromatic nitrogens is 1. The van der Waals surface area contributed by atoms with Crippen LogP contribution in [0.25, 0.3) is 10.9 Å². The fourth-order valence-electron chi connectivity index (χ4n) is 2.13. The van der Waals surface area contributed by atoms with Crippen molar-refractivity contribution in [2.24, 2.45) is 0 Å². The first-order valence-corrected chi connectivity index (χ1v) is 6.18. The summed E-state index contributed by atoms with van der Waals surface area (Å²) in [5.41, 5.74) is -0.304. The van der Waals surface area contributed by atoms with E-state index in [1.165, 1.54) is 19.2 Å². The van der Waals surface area contributed by atoms with Gasteiger partial charge in [0.1, 0.15) is 5.75 Å². The van der Waals surface area contributed by atoms with Gasteiger partial charge in [-0.15, -0.1) is 0 Å². The number of alkyl halides is 3. The van der Waals surface area contributed by atoms with E-state index in [0.717, 1.165) is 12.5 Å². The van der Waals surface area contributed by atoms with Crippen LogP contribution in [-0.2, 0) is 12.6 Å². The summed E-state index contributed by atoms with van der Waals surface area (Å²) in [6.07, 6.45) is -3.23. The molecule has 108 valence electrons. The minimum Gasteiger partial charge on any atom is -0.496 e. The van der Waals surface area contributed by atoms with E-state index in [1.54, 1.807) is 0 Å². The summed E-state index contributed by atoms with van der Waals surface area (Å²) in [7, 11) is 1.17. The number of H-pyrrole nitrogens is 1. The summed E-state index contributed by atoms with van der Waals surface area (Å²) < 4.78 is 43.6. The molecule has 0 bridgehead atoms. The number of fused-ring (bicyclic) bond motifs is 1. The van der Waals surface area contributed by atoms with E-state index in [2.05, 4.69) is 4.98 Å². The number of halogens is 3. The lowest BCUT2D eigenvalue weighted by Crippen LogP contribution is -2.13. The summed E-state index contributed by atoms with van der Waals surface area (Å²) in [6.45, 7) is 1.90. The SMILES string of the molecule is CCCc1cc2cc(C(F)(F)F)c(OC)cc2[nH]c1=O. The molecule has 0 atom stereocenters. The highest BCUT2D eigenvalue weighted by atomic mass is 19.4. The lowest BCUT2D eigenvalue weighted by Gasteiger charge is -2.13. The molecule has 1 N–H and O–H groups in total. The molecule has 3 nitrogen and oxygen atoms in total.